The Morgan fingerprint density at radius 2 is 1.72 bits per heavy atom. The highest BCUT2D eigenvalue weighted by molar-refractivity contribution is 6.37. The van der Waals surface area contributed by atoms with Crippen molar-refractivity contribution < 1.29 is 23.9 Å². The molecule has 39 heavy (non-hydrogen) atoms. The van der Waals surface area contributed by atoms with Crippen molar-refractivity contribution in [2.24, 2.45) is 11.7 Å². The molecule has 1 aliphatic heterocycles. The lowest BCUT2D eigenvalue weighted by molar-refractivity contribution is -0.118. The van der Waals surface area contributed by atoms with E-state index in [-0.39, 0.29) is 35.5 Å². The summed E-state index contributed by atoms with van der Waals surface area (Å²) in [4.78, 5) is 39.9. The number of Topliss-reactive ketones (excluding diaryl/α,β-unsaturated/α-hetero) is 1. The number of hydrogen-bond donors (Lipinski definition) is 1. The van der Waals surface area contributed by atoms with Gasteiger partial charge in [0.15, 0.2) is 5.78 Å². The topological polar surface area (TPSA) is 98.9 Å². The summed E-state index contributed by atoms with van der Waals surface area (Å²) in [6.45, 7) is 3.89. The van der Waals surface area contributed by atoms with E-state index in [9.17, 15) is 14.4 Å². The molecule has 0 unspecified atom stereocenters. The molecule has 9 heteroatoms. The number of amides is 1. The summed E-state index contributed by atoms with van der Waals surface area (Å²) >= 11 is 12.7. The van der Waals surface area contributed by atoms with Crippen LogP contribution >= 0.6 is 23.2 Å². The lowest BCUT2D eigenvalue weighted by Gasteiger charge is -2.29. The van der Waals surface area contributed by atoms with E-state index in [0.29, 0.717) is 51.1 Å². The smallest absolute Gasteiger partial charge is 0.337 e. The number of carbonyl (C=O) groups excluding carboxylic acids is 3. The monoisotopic (exact) mass is 566 g/mol. The average molecular weight is 567 g/mol. The van der Waals surface area contributed by atoms with Gasteiger partial charge < -0.3 is 20.1 Å². The van der Waals surface area contributed by atoms with Gasteiger partial charge in [0.05, 0.1) is 34.0 Å². The van der Waals surface area contributed by atoms with Crippen molar-refractivity contribution in [1.29, 1.82) is 0 Å². The normalized spacial score (nSPS) is 13.6. The maximum Gasteiger partial charge on any atom is 0.337 e. The van der Waals surface area contributed by atoms with Crippen LogP contribution in [0.25, 0.3) is 5.70 Å². The van der Waals surface area contributed by atoms with Crippen molar-refractivity contribution >= 4 is 52.2 Å². The zero-order valence-electron chi connectivity index (χ0n) is 21.8. The Kier molecular flexibility index (Phi) is 8.63. The molecule has 0 saturated heterocycles. The van der Waals surface area contributed by atoms with E-state index in [1.807, 2.05) is 0 Å². The lowest BCUT2D eigenvalue weighted by Crippen LogP contribution is -2.37. The Labute approximate surface area is 237 Å². The minimum atomic E-state index is -0.467. The molecule has 0 aliphatic carbocycles. The van der Waals surface area contributed by atoms with Gasteiger partial charge in [0, 0.05) is 29.3 Å². The van der Waals surface area contributed by atoms with Crippen LogP contribution in [0.2, 0.25) is 10.0 Å². The van der Waals surface area contributed by atoms with Crippen molar-refractivity contribution in [2.75, 3.05) is 25.2 Å². The Balaban J connectivity index is 1.58. The van der Waals surface area contributed by atoms with Crippen LogP contribution in [0.5, 0.6) is 5.75 Å². The molecule has 1 amide bonds. The number of nitrogens with two attached hydrogens (primary N) is 1. The molecule has 0 radical (unpaired) electrons. The van der Waals surface area contributed by atoms with E-state index < -0.39 is 5.97 Å². The third kappa shape index (κ3) is 5.95. The summed E-state index contributed by atoms with van der Waals surface area (Å²) in [6.07, 6.45) is 0.575. The number of ether oxygens (including phenoxy) is 2. The molecule has 1 aliphatic rings. The van der Waals surface area contributed by atoms with Crippen LogP contribution in [0.15, 0.2) is 66.2 Å². The quantitative estimate of drug-likeness (QED) is 0.267. The van der Waals surface area contributed by atoms with Gasteiger partial charge in [-0.15, -0.1) is 0 Å². The number of ketones is 1. The third-order valence-corrected chi connectivity index (χ3v) is 7.13. The number of benzene rings is 3. The van der Waals surface area contributed by atoms with Gasteiger partial charge in [0.25, 0.3) is 5.91 Å². The molecule has 0 fully saturated rings. The fourth-order valence-electron chi connectivity index (χ4n) is 4.41. The van der Waals surface area contributed by atoms with E-state index >= 15 is 0 Å². The van der Waals surface area contributed by atoms with Crippen molar-refractivity contribution in [3.05, 3.63) is 98.5 Å². The van der Waals surface area contributed by atoms with Crippen LogP contribution in [0.1, 0.15) is 45.7 Å². The van der Waals surface area contributed by atoms with E-state index in [0.717, 1.165) is 5.56 Å². The van der Waals surface area contributed by atoms with Gasteiger partial charge in [-0.1, -0.05) is 49.2 Å². The molecular formula is C30H28Cl2N2O5. The molecule has 3 aromatic rings. The van der Waals surface area contributed by atoms with Crippen LogP contribution in [-0.4, -0.2) is 37.9 Å². The second-order valence-corrected chi connectivity index (χ2v) is 10.2. The van der Waals surface area contributed by atoms with Crippen LogP contribution in [0.4, 0.5) is 5.69 Å². The molecule has 0 atom stereocenters. The first-order valence-corrected chi connectivity index (χ1v) is 13.1. The highest BCUT2D eigenvalue weighted by Crippen LogP contribution is 2.32. The van der Waals surface area contributed by atoms with Gasteiger partial charge in [-0.05, 0) is 60.5 Å². The number of halogens is 2. The predicted molar refractivity (Wildman–Crippen MR) is 153 cm³/mol. The molecule has 1 heterocycles. The van der Waals surface area contributed by atoms with Gasteiger partial charge >= 0.3 is 5.97 Å². The summed E-state index contributed by atoms with van der Waals surface area (Å²) < 4.78 is 10.8. The van der Waals surface area contributed by atoms with Gasteiger partial charge in [-0.25, -0.2) is 4.79 Å². The molecule has 0 saturated carbocycles. The number of fused-ring (bicyclic) bond motifs is 1. The summed E-state index contributed by atoms with van der Waals surface area (Å²) in [7, 11) is 1.31. The maximum absolute atomic E-state index is 13.3. The molecule has 7 nitrogen and oxygen atoms in total. The molecule has 202 valence electrons. The Bertz CT molecular complexity index is 1460. The number of anilines is 1. The highest BCUT2D eigenvalue weighted by Gasteiger charge is 2.27. The number of nitrogens with zero attached hydrogens (tertiary/aromatic N) is 1. The van der Waals surface area contributed by atoms with Crippen LogP contribution in [0, 0.1) is 5.92 Å². The molecular weight excluding hydrogens is 539 g/mol. The van der Waals surface area contributed by atoms with E-state index in [4.69, 9.17) is 38.4 Å². The summed E-state index contributed by atoms with van der Waals surface area (Å²) in [5.74, 6) is -0.659. The summed E-state index contributed by atoms with van der Waals surface area (Å²) in [5, 5.41) is 0.672. The SMILES string of the molecule is COC(=O)c1cccc(N2CCc3cc(OC/C(C(=O)C(C)C)=C(/N)c4c(Cl)cccc4Cl)ccc3C2=O)c1. The van der Waals surface area contributed by atoms with E-state index in [2.05, 4.69) is 0 Å². The highest BCUT2D eigenvalue weighted by atomic mass is 35.5. The van der Waals surface area contributed by atoms with Crippen molar-refractivity contribution in [1.82, 2.24) is 0 Å². The van der Waals surface area contributed by atoms with Crippen LogP contribution in [0.3, 0.4) is 0 Å². The Morgan fingerprint density at radius 3 is 2.38 bits per heavy atom. The van der Waals surface area contributed by atoms with Gasteiger partial charge in [-0.3, -0.25) is 9.59 Å². The van der Waals surface area contributed by atoms with Crippen molar-refractivity contribution in [3.8, 4) is 5.75 Å². The van der Waals surface area contributed by atoms with Gasteiger partial charge in [0.1, 0.15) is 12.4 Å². The van der Waals surface area contributed by atoms with E-state index in [1.54, 1.807) is 79.4 Å². The Morgan fingerprint density at radius 1 is 1.03 bits per heavy atom. The Hall–Kier alpha value is -3.81. The molecule has 4 rings (SSSR count). The molecule has 0 spiro atoms. The average Bonchev–Trinajstić information content (AvgIpc) is 2.92. The number of carbonyl (C=O) groups is 3. The van der Waals surface area contributed by atoms with Crippen molar-refractivity contribution in [3.63, 3.8) is 0 Å². The first-order valence-electron chi connectivity index (χ1n) is 12.4. The zero-order valence-corrected chi connectivity index (χ0v) is 23.3. The zero-order chi connectivity index (χ0) is 28.3. The van der Waals surface area contributed by atoms with Gasteiger partial charge in [0.2, 0.25) is 0 Å². The van der Waals surface area contributed by atoms with E-state index in [1.165, 1.54) is 7.11 Å². The second kappa shape index (κ2) is 11.9. The fraction of sp³-hybridized carbons (Fsp3) is 0.233. The standard InChI is InChI=1S/C30H28Cl2N2O5/c1-17(2)28(35)23(27(33)26-24(31)8-5-9-25(26)32)16-39-21-10-11-22-18(15-21)12-13-34(29(22)36)20-7-4-6-19(14-20)30(37)38-3/h4-11,14-15,17H,12-13,16,33H2,1-3H3/b27-23-. The molecule has 2 N–H and O–H groups in total. The maximum atomic E-state index is 13.3. The first kappa shape index (κ1) is 28.2. The summed E-state index contributed by atoms with van der Waals surface area (Å²) in [6, 6.07) is 17.0. The number of methoxy groups -OCH3 is 1. The minimum absolute atomic E-state index is 0.0937. The fourth-order valence-corrected chi connectivity index (χ4v) is 5.01. The summed E-state index contributed by atoms with van der Waals surface area (Å²) in [5.41, 5.74) is 9.58. The van der Waals surface area contributed by atoms with Crippen molar-refractivity contribution in [2.45, 2.75) is 20.3 Å². The predicted octanol–water partition coefficient (Wildman–Crippen LogP) is 5.96. The first-order chi connectivity index (χ1) is 18.6. The largest absolute Gasteiger partial charge is 0.489 e. The molecule has 3 aromatic carbocycles. The number of rotatable bonds is 8. The molecule has 0 bridgehead atoms. The second-order valence-electron chi connectivity index (χ2n) is 9.36. The van der Waals surface area contributed by atoms with Gasteiger partial charge in [-0.2, -0.15) is 0 Å². The number of esters is 1. The lowest BCUT2D eigenvalue weighted by atomic mass is 9.96. The minimum Gasteiger partial charge on any atom is -0.489 e. The van der Waals surface area contributed by atoms with Crippen LogP contribution in [-0.2, 0) is 16.0 Å². The molecule has 0 aromatic heterocycles. The van der Waals surface area contributed by atoms with Crippen LogP contribution < -0.4 is 15.4 Å². The third-order valence-electron chi connectivity index (χ3n) is 6.50. The number of hydrogen-bond acceptors (Lipinski definition) is 6.